The second-order valence-electron chi connectivity index (χ2n) is 4.18. The van der Waals surface area contributed by atoms with Gasteiger partial charge < -0.3 is 5.11 Å². The van der Waals surface area contributed by atoms with E-state index < -0.39 is 10.9 Å². The Morgan fingerprint density at radius 2 is 1.90 bits per heavy atom. The minimum atomic E-state index is -0.942. The molecule has 0 fully saturated rings. The van der Waals surface area contributed by atoms with Crippen molar-refractivity contribution >= 4 is 35.0 Å². The summed E-state index contributed by atoms with van der Waals surface area (Å²) in [5.74, 6) is -0.942. The predicted molar refractivity (Wildman–Crippen MR) is 80.0 cm³/mol. The molecule has 7 heteroatoms. The van der Waals surface area contributed by atoms with Crippen molar-refractivity contribution in [3.63, 3.8) is 0 Å². The number of rotatable bonds is 5. The van der Waals surface area contributed by atoms with Crippen LogP contribution >= 0.6 is 23.4 Å². The maximum absolute atomic E-state index is 10.9. The van der Waals surface area contributed by atoms with Gasteiger partial charge in [0.1, 0.15) is 0 Å². The molecule has 108 valence electrons. The van der Waals surface area contributed by atoms with Crippen molar-refractivity contribution in [3.8, 4) is 0 Å². The van der Waals surface area contributed by atoms with Crippen molar-refractivity contribution in [3.05, 3.63) is 63.2 Å². The summed E-state index contributed by atoms with van der Waals surface area (Å²) < 4.78 is 0. The normalized spacial score (nSPS) is 10.3. The molecule has 0 radical (unpaired) electrons. The topological polar surface area (TPSA) is 80.4 Å². The number of nitro groups is 1. The molecule has 2 aromatic rings. The molecule has 0 saturated carbocycles. The van der Waals surface area contributed by atoms with Gasteiger partial charge in [0.25, 0.3) is 5.69 Å². The minimum absolute atomic E-state index is 0.0150. The predicted octanol–water partition coefficient (Wildman–Crippen LogP) is 4.03. The lowest BCUT2D eigenvalue weighted by molar-refractivity contribution is -0.384. The molecule has 0 aliphatic heterocycles. The van der Waals surface area contributed by atoms with Crippen molar-refractivity contribution < 1.29 is 14.8 Å². The zero-order valence-corrected chi connectivity index (χ0v) is 12.2. The van der Waals surface area contributed by atoms with Crippen LogP contribution in [0.1, 0.15) is 5.56 Å². The van der Waals surface area contributed by atoms with Gasteiger partial charge in [0.05, 0.1) is 11.3 Å². The first-order valence-corrected chi connectivity index (χ1v) is 7.07. The third kappa shape index (κ3) is 4.21. The van der Waals surface area contributed by atoms with E-state index in [1.54, 1.807) is 30.3 Å². The zero-order chi connectivity index (χ0) is 15.4. The van der Waals surface area contributed by atoms with Crippen molar-refractivity contribution in [2.45, 2.75) is 16.2 Å². The van der Waals surface area contributed by atoms with Crippen LogP contribution in [0.25, 0.3) is 0 Å². The van der Waals surface area contributed by atoms with Gasteiger partial charge >= 0.3 is 5.97 Å². The average molecular weight is 324 g/mol. The highest BCUT2D eigenvalue weighted by Crippen LogP contribution is 2.33. The summed E-state index contributed by atoms with van der Waals surface area (Å²) in [4.78, 5) is 22.6. The molecular formula is C14H10ClNO4S. The third-order valence-electron chi connectivity index (χ3n) is 2.64. The van der Waals surface area contributed by atoms with Crippen LogP contribution in [0, 0.1) is 10.1 Å². The molecular weight excluding hydrogens is 314 g/mol. The monoisotopic (exact) mass is 323 g/mol. The fourth-order valence-electron chi connectivity index (χ4n) is 1.71. The first kappa shape index (κ1) is 15.3. The lowest BCUT2D eigenvalue weighted by Gasteiger charge is -2.08. The van der Waals surface area contributed by atoms with Crippen LogP contribution in [0.3, 0.4) is 0 Å². The molecule has 5 nitrogen and oxygen atoms in total. The molecule has 0 unspecified atom stereocenters. The number of hydrogen-bond donors (Lipinski definition) is 1. The lowest BCUT2D eigenvalue weighted by Crippen LogP contribution is -2.01. The van der Waals surface area contributed by atoms with E-state index in [1.807, 2.05) is 0 Å². The zero-order valence-electron chi connectivity index (χ0n) is 10.7. The van der Waals surface area contributed by atoms with Gasteiger partial charge in [0, 0.05) is 26.9 Å². The molecule has 2 rings (SSSR count). The number of nitrogens with zero attached hydrogens (tertiary/aromatic N) is 1. The number of non-ortho nitro benzene ring substituents is 1. The van der Waals surface area contributed by atoms with E-state index in [4.69, 9.17) is 16.7 Å². The molecule has 0 aliphatic rings. The van der Waals surface area contributed by atoms with Crippen molar-refractivity contribution in [2.75, 3.05) is 0 Å². The Morgan fingerprint density at radius 3 is 2.48 bits per heavy atom. The van der Waals surface area contributed by atoms with Crippen LogP contribution in [0.4, 0.5) is 5.69 Å². The molecule has 0 amide bonds. The molecule has 0 aliphatic carbocycles. The Labute approximate surface area is 129 Å². The largest absolute Gasteiger partial charge is 0.481 e. The van der Waals surface area contributed by atoms with E-state index in [1.165, 1.54) is 23.9 Å². The maximum atomic E-state index is 10.9. The molecule has 0 saturated heterocycles. The third-order valence-corrected chi connectivity index (χ3v) is 4.00. The Hall–Kier alpha value is -2.05. The minimum Gasteiger partial charge on any atom is -0.481 e. The Bertz CT molecular complexity index is 688. The van der Waals surface area contributed by atoms with Crippen molar-refractivity contribution in [2.24, 2.45) is 0 Å². The summed E-state index contributed by atoms with van der Waals surface area (Å²) in [5, 5.41) is 20.0. The van der Waals surface area contributed by atoms with Gasteiger partial charge in [0.2, 0.25) is 0 Å². The van der Waals surface area contributed by atoms with E-state index >= 15 is 0 Å². The molecule has 0 atom stereocenters. The van der Waals surface area contributed by atoms with Gasteiger partial charge in [-0.2, -0.15) is 0 Å². The number of nitro benzene ring substituents is 1. The number of aliphatic carboxylic acids is 1. The second-order valence-corrected chi connectivity index (χ2v) is 5.73. The first-order valence-electron chi connectivity index (χ1n) is 5.88. The van der Waals surface area contributed by atoms with E-state index in [0.717, 1.165) is 9.79 Å². The molecule has 0 heterocycles. The molecule has 0 spiro atoms. The van der Waals surface area contributed by atoms with Gasteiger partial charge in [-0.1, -0.05) is 23.4 Å². The van der Waals surface area contributed by atoms with Crippen LogP contribution in [-0.2, 0) is 11.2 Å². The number of carbonyl (C=O) groups is 1. The SMILES string of the molecule is O=C(O)Cc1cc(Cl)ccc1Sc1ccc([N+](=O)[O-])cc1. The summed E-state index contributed by atoms with van der Waals surface area (Å²) in [6, 6.07) is 11.1. The summed E-state index contributed by atoms with van der Waals surface area (Å²) in [5.41, 5.74) is 0.625. The Kier molecular flexibility index (Phi) is 4.82. The van der Waals surface area contributed by atoms with E-state index in [9.17, 15) is 14.9 Å². The highest BCUT2D eigenvalue weighted by molar-refractivity contribution is 7.99. The summed E-state index contributed by atoms with van der Waals surface area (Å²) in [6.45, 7) is 0. The highest BCUT2D eigenvalue weighted by Gasteiger charge is 2.10. The molecule has 0 aromatic heterocycles. The quantitative estimate of drug-likeness (QED) is 0.663. The van der Waals surface area contributed by atoms with Crippen LogP contribution in [0.2, 0.25) is 5.02 Å². The number of benzene rings is 2. The van der Waals surface area contributed by atoms with Crippen LogP contribution in [0.5, 0.6) is 0 Å². The smallest absolute Gasteiger partial charge is 0.307 e. The fourth-order valence-corrected chi connectivity index (χ4v) is 2.83. The van der Waals surface area contributed by atoms with Gasteiger partial charge in [-0.3, -0.25) is 14.9 Å². The second kappa shape index (κ2) is 6.60. The summed E-state index contributed by atoms with van der Waals surface area (Å²) in [7, 11) is 0. The van der Waals surface area contributed by atoms with Gasteiger partial charge in [-0.05, 0) is 35.9 Å². The molecule has 0 bridgehead atoms. The Balaban J connectivity index is 2.26. The highest BCUT2D eigenvalue weighted by atomic mass is 35.5. The van der Waals surface area contributed by atoms with E-state index in [0.29, 0.717) is 10.6 Å². The summed E-state index contributed by atoms with van der Waals surface area (Å²) >= 11 is 7.22. The van der Waals surface area contributed by atoms with Crippen molar-refractivity contribution in [1.29, 1.82) is 0 Å². The molecule has 21 heavy (non-hydrogen) atoms. The summed E-state index contributed by atoms with van der Waals surface area (Å²) in [6.07, 6.45) is -0.129. The van der Waals surface area contributed by atoms with Gasteiger partial charge in [-0.15, -0.1) is 0 Å². The van der Waals surface area contributed by atoms with Gasteiger partial charge in [-0.25, -0.2) is 0 Å². The van der Waals surface area contributed by atoms with E-state index in [-0.39, 0.29) is 12.1 Å². The van der Waals surface area contributed by atoms with Crippen LogP contribution in [-0.4, -0.2) is 16.0 Å². The van der Waals surface area contributed by atoms with Crippen molar-refractivity contribution in [1.82, 2.24) is 0 Å². The standard InChI is InChI=1S/C14H10ClNO4S/c15-10-1-6-13(9(7-10)8-14(17)18)21-12-4-2-11(3-5-12)16(19)20/h1-7H,8H2,(H,17,18). The average Bonchev–Trinajstić information content (AvgIpc) is 2.42. The fraction of sp³-hybridized carbons (Fsp3) is 0.0714. The maximum Gasteiger partial charge on any atom is 0.307 e. The Morgan fingerprint density at radius 1 is 1.24 bits per heavy atom. The van der Waals surface area contributed by atoms with Crippen LogP contribution < -0.4 is 0 Å². The van der Waals surface area contributed by atoms with Crippen LogP contribution in [0.15, 0.2) is 52.3 Å². The number of halogens is 1. The first-order chi connectivity index (χ1) is 9.95. The molecule has 1 N–H and O–H groups in total. The number of carboxylic acids is 1. The van der Waals surface area contributed by atoms with E-state index in [2.05, 4.69) is 0 Å². The number of hydrogen-bond acceptors (Lipinski definition) is 4. The number of carboxylic acid groups (broad SMARTS) is 1. The lowest BCUT2D eigenvalue weighted by atomic mass is 10.1. The van der Waals surface area contributed by atoms with Gasteiger partial charge in [0.15, 0.2) is 0 Å². The molecule has 2 aromatic carbocycles.